The summed E-state index contributed by atoms with van der Waals surface area (Å²) in [5.41, 5.74) is 0.411. The highest BCUT2D eigenvalue weighted by molar-refractivity contribution is 9.10. The normalized spacial score (nSPS) is 19.0. The molecule has 2 amide bonds. The summed E-state index contributed by atoms with van der Waals surface area (Å²) in [6, 6.07) is 4.58. The molecule has 1 fully saturated rings. The number of carboxylic acid groups (broad SMARTS) is 1. The molecule has 1 aromatic carbocycles. The number of carbonyl (C=O) groups excluding carboxylic acids is 1. The van der Waals surface area contributed by atoms with Crippen molar-refractivity contribution >= 4 is 33.6 Å². The Labute approximate surface area is 132 Å². The number of rotatable bonds is 2. The van der Waals surface area contributed by atoms with E-state index < -0.39 is 5.97 Å². The summed E-state index contributed by atoms with van der Waals surface area (Å²) in [5, 5.41) is 11.9. The van der Waals surface area contributed by atoms with Crippen LogP contribution in [-0.2, 0) is 0 Å². The van der Waals surface area contributed by atoms with Gasteiger partial charge in [0, 0.05) is 17.6 Å². The third kappa shape index (κ3) is 4.20. The third-order valence-corrected chi connectivity index (χ3v) is 4.25. The van der Waals surface area contributed by atoms with Gasteiger partial charge in [-0.2, -0.15) is 0 Å². The van der Waals surface area contributed by atoms with E-state index in [2.05, 4.69) is 28.2 Å². The summed E-state index contributed by atoms with van der Waals surface area (Å²) in [4.78, 5) is 25.3. The number of halogens is 1. The second kappa shape index (κ2) is 6.93. The van der Waals surface area contributed by atoms with Gasteiger partial charge in [0.05, 0.1) is 11.3 Å². The van der Waals surface area contributed by atoms with Gasteiger partial charge in [-0.25, -0.2) is 9.59 Å². The summed E-state index contributed by atoms with van der Waals surface area (Å²) in [7, 11) is 0. The largest absolute Gasteiger partial charge is 0.478 e. The van der Waals surface area contributed by atoms with Crippen molar-refractivity contribution in [1.29, 1.82) is 0 Å². The molecule has 1 aliphatic heterocycles. The molecule has 0 bridgehead atoms. The van der Waals surface area contributed by atoms with Crippen molar-refractivity contribution in [2.75, 3.05) is 18.4 Å². The Morgan fingerprint density at radius 3 is 2.81 bits per heavy atom. The molecule has 1 aromatic rings. The number of hydrogen-bond acceptors (Lipinski definition) is 2. The molecular formula is C15H19BrN2O3. The van der Waals surface area contributed by atoms with Crippen molar-refractivity contribution in [3.8, 4) is 0 Å². The fourth-order valence-corrected chi connectivity index (χ4v) is 2.82. The minimum atomic E-state index is -1.06. The van der Waals surface area contributed by atoms with Crippen LogP contribution in [0, 0.1) is 5.92 Å². The number of urea groups is 1. The van der Waals surface area contributed by atoms with Crippen molar-refractivity contribution in [2.24, 2.45) is 5.92 Å². The van der Waals surface area contributed by atoms with Crippen LogP contribution in [0.4, 0.5) is 10.5 Å². The minimum Gasteiger partial charge on any atom is -0.478 e. The summed E-state index contributed by atoms with van der Waals surface area (Å²) >= 11 is 3.24. The molecule has 0 saturated carbocycles. The Bertz CT molecular complexity index is 548. The van der Waals surface area contributed by atoms with Gasteiger partial charge in [0.1, 0.15) is 0 Å². The molecule has 21 heavy (non-hydrogen) atoms. The average Bonchev–Trinajstić information content (AvgIpc) is 2.65. The Morgan fingerprint density at radius 2 is 2.10 bits per heavy atom. The first-order valence-corrected chi connectivity index (χ1v) is 7.85. The van der Waals surface area contributed by atoms with Crippen molar-refractivity contribution in [1.82, 2.24) is 4.90 Å². The van der Waals surface area contributed by atoms with Crippen LogP contribution >= 0.6 is 15.9 Å². The fraction of sp³-hybridized carbons (Fsp3) is 0.467. The average molecular weight is 355 g/mol. The van der Waals surface area contributed by atoms with Gasteiger partial charge in [-0.3, -0.25) is 0 Å². The number of carbonyl (C=O) groups is 2. The standard InChI is InChI=1S/C15H19BrN2O3/c1-10-3-2-7-18(8-6-10)15(21)17-13-5-4-11(16)9-12(13)14(19)20/h4-5,9-10H,2-3,6-8H2,1H3,(H,17,21)(H,19,20). The van der Waals surface area contributed by atoms with E-state index >= 15 is 0 Å². The van der Waals surface area contributed by atoms with Gasteiger partial charge < -0.3 is 15.3 Å². The number of carboxylic acids is 1. The quantitative estimate of drug-likeness (QED) is 0.848. The number of benzene rings is 1. The summed E-state index contributed by atoms with van der Waals surface area (Å²) < 4.78 is 0.668. The maximum Gasteiger partial charge on any atom is 0.337 e. The topological polar surface area (TPSA) is 69.6 Å². The predicted molar refractivity (Wildman–Crippen MR) is 84.7 cm³/mol. The molecule has 1 atom stereocenters. The number of amides is 2. The maximum atomic E-state index is 12.3. The maximum absolute atomic E-state index is 12.3. The van der Waals surface area contributed by atoms with E-state index in [1.807, 2.05) is 0 Å². The first-order valence-electron chi connectivity index (χ1n) is 7.06. The van der Waals surface area contributed by atoms with Crippen LogP contribution in [0.25, 0.3) is 0 Å². The highest BCUT2D eigenvalue weighted by Gasteiger charge is 2.20. The third-order valence-electron chi connectivity index (χ3n) is 3.76. The number of likely N-dealkylation sites (tertiary alicyclic amines) is 1. The van der Waals surface area contributed by atoms with E-state index in [0.717, 1.165) is 25.8 Å². The van der Waals surface area contributed by atoms with Gasteiger partial charge in [-0.05, 0) is 43.4 Å². The molecular weight excluding hydrogens is 336 g/mol. The van der Waals surface area contributed by atoms with Crippen LogP contribution in [0.15, 0.2) is 22.7 Å². The van der Waals surface area contributed by atoms with E-state index in [1.54, 1.807) is 17.0 Å². The lowest BCUT2D eigenvalue weighted by atomic mass is 10.0. The Kier molecular flexibility index (Phi) is 5.22. The predicted octanol–water partition coefficient (Wildman–Crippen LogP) is 3.80. The molecule has 5 nitrogen and oxygen atoms in total. The van der Waals surface area contributed by atoms with E-state index in [4.69, 9.17) is 0 Å². The van der Waals surface area contributed by atoms with Crippen molar-refractivity contribution < 1.29 is 14.7 Å². The zero-order chi connectivity index (χ0) is 15.4. The Hall–Kier alpha value is -1.56. The van der Waals surface area contributed by atoms with E-state index in [9.17, 15) is 14.7 Å². The summed E-state index contributed by atoms with van der Waals surface area (Å²) in [6.45, 7) is 3.62. The summed E-state index contributed by atoms with van der Waals surface area (Å²) in [5.74, 6) is -0.429. The van der Waals surface area contributed by atoms with Gasteiger partial charge in [-0.1, -0.05) is 22.9 Å². The molecule has 0 radical (unpaired) electrons. The minimum absolute atomic E-state index is 0.0842. The molecule has 1 heterocycles. The lowest BCUT2D eigenvalue weighted by Gasteiger charge is -2.21. The molecule has 0 spiro atoms. The second-order valence-electron chi connectivity index (χ2n) is 5.45. The molecule has 0 aromatic heterocycles. The van der Waals surface area contributed by atoms with Crippen molar-refractivity contribution in [2.45, 2.75) is 26.2 Å². The molecule has 1 aliphatic rings. The van der Waals surface area contributed by atoms with Crippen LogP contribution in [0.1, 0.15) is 36.5 Å². The van der Waals surface area contributed by atoms with Crippen LogP contribution in [0.3, 0.4) is 0 Å². The first-order chi connectivity index (χ1) is 9.97. The second-order valence-corrected chi connectivity index (χ2v) is 6.36. The van der Waals surface area contributed by atoms with Crippen LogP contribution in [0.2, 0.25) is 0 Å². The zero-order valence-corrected chi connectivity index (χ0v) is 13.5. The Morgan fingerprint density at radius 1 is 1.33 bits per heavy atom. The Balaban J connectivity index is 2.10. The summed E-state index contributed by atoms with van der Waals surface area (Å²) in [6.07, 6.45) is 3.10. The van der Waals surface area contributed by atoms with E-state index in [-0.39, 0.29) is 11.6 Å². The fourth-order valence-electron chi connectivity index (χ4n) is 2.46. The lowest BCUT2D eigenvalue weighted by molar-refractivity contribution is 0.0698. The molecule has 1 unspecified atom stereocenters. The van der Waals surface area contributed by atoms with Crippen LogP contribution in [0.5, 0.6) is 0 Å². The first kappa shape index (κ1) is 15.8. The van der Waals surface area contributed by atoms with Crippen LogP contribution in [-0.4, -0.2) is 35.1 Å². The van der Waals surface area contributed by atoms with E-state index in [1.165, 1.54) is 6.07 Å². The number of nitrogens with one attached hydrogen (secondary N) is 1. The molecule has 1 saturated heterocycles. The number of hydrogen-bond donors (Lipinski definition) is 2. The molecule has 2 N–H and O–H groups in total. The van der Waals surface area contributed by atoms with Crippen LogP contribution < -0.4 is 5.32 Å². The van der Waals surface area contributed by atoms with Gasteiger partial charge in [0.15, 0.2) is 0 Å². The SMILES string of the molecule is CC1CCCN(C(=O)Nc2ccc(Br)cc2C(=O)O)CC1. The smallest absolute Gasteiger partial charge is 0.337 e. The molecule has 0 aliphatic carbocycles. The molecule has 2 rings (SSSR count). The van der Waals surface area contributed by atoms with E-state index in [0.29, 0.717) is 22.6 Å². The number of nitrogens with zero attached hydrogens (tertiary/aromatic N) is 1. The number of anilines is 1. The van der Waals surface area contributed by atoms with Crippen molar-refractivity contribution in [3.63, 3.8) is 0 Å². The van der Waals surface area contributed by atoms with Gasteiger partial charge >= 0.3 is 12.0 Å². The zero-order valence-electron chi connectivity index (χ0n) is 11.9. The molecule has 6 heteroatoms. The number of aromatic carboxylic acids is 1. The highest BCUT2D eigenvalue weighted by atomic mass is 79.9. The van der Waals surface area contributed by atoms with Crippen molar-refractivity contribution in [3.05, 3.63) is 28.2 Å². The van der Waals surface area contributed by atoms with Gasteiger partial charge in [0.25, 0.3) is 0 Å². The lowest BCUT2D eigenvalue weighted by Crippen LogP contribution is -2.36. The monoisotopic (exact) mass is 354 g/mol. The van der Waals surface area contributed by atoms with Gasteiger partial charge in [0.2, 0.25) is 0 Å². The molecule has 114 valence electrons. The highest BCUT2D eigenvalue weighted by Crippen LogP contribution is 2.22. The van der Waals surface area contributed by atoms with Gasteiger partial charge in [-0.15, -0.1) is 0 Å².